The van der Waals surface area contributed by atoms with Gasteiger partial charge in [-0.25, -0.2) is 13.2 Å². The molecule has 9 heteroatoms. The number of hydrogen-bond donors (Lipinski definition) is 2. The van der Waals surface area contributed by atoms with E-state index in [1.807, 2.05) is 0 Å². The lowest BCUT2D eigenvalue weighted by Crippen LogP contribution is -2.49. The molecule has 0 aromatic carbocycles. The van der Waals surface area contributed by atoms with Gasteiger partial charge in [0.15, 0.2) is 9.84 Å². The lowest BCUT2D eigenvalue weighted by Gasteiger charge is -2.26. The van der Waals surface area contributed by atoms with Gasteiger partial charge in [0.25, 0.3) is 0 Å². The van der Waals surface area contributed by atoms with Crippen molar-refractivity contribution in [1.82, 2.24) is 10.2 Å². The van der Waals surface area contributed by atoms with Gasteiger partial charge in [-0.15, -0.1) is 6.58 Å². The van der Waals surface area contributed by atoms with Crippen molar-refractivity contribution in [3.8, 4) is 0 Å². The van der Waals surface area contributed by atoms with Crippen LogP contribution in [0.15, 0.2) is 12.7 Å². The summed E-state index contributed by atoms with van der Waals surface area (Å²) in [7, 11) is -3.17. The van der Waals surface area contributed by atoms with Gasteiger partial charge in [0, 0.05) is 24.1 Å². The van der Waals surface area contributed by atoms with Crippen LogP contribution < -0.4 is 5.32 Å². The predicted octanol–water partition coefficient (Wildman–Crippen LogP) is 0.189. The average Bonchev–Trinajstić information content (AvgIpc) is 2.75. The van der Waals surface area contributed by atoms with Crippen LogP contribution >= 0.6 is 11.8 Å². The molecule has 21 heavy (non-hydrogen) atoms. The molecule has 1 saturated heterocycles. The molecule has 0 bridgehead atoms. The van der Waals surface area contributed by atoms with E-state index in [9.17, 15) is 18.0 Å². The standard InChI is InChI=1S/C12H20N2O5S2/c1-2-5-20-6-4-13-12(17)14(8-11(15)16)10-3-7-21(18,19)9-10/h2,10H,1,3-9H2,(H,13,17)(H,15,16). The third kappa shape index (κ3) is 6.38. The molecule has 0 spiro atoms. The van der Waals surface area contributed by atoms with Gasteiger partial charge in [-0.2, -0.15) is 11.8 Å². The maximum atomic E-state index is 12.0. The highest BCUT2D eigenvalue weighted by Crippen LogP contribution is 2.17. The van der Waals surface area contributed by atoms with Crippen molar-refractivity contribution in [1.29, 1.82) is 0 Å². The summed E-state index contributed by atoms with van der Waals surface area (Å²) in [5, 5.41) is 11.5. The minimum Gasteiger partial charge on any atom is -0.480 e. The Labute approximate surface area is 128 Å². The number of rotatable bonds is 8. The number of sulfone groups is 1. The summed E-state index contributed by atoms with van der Waals surface area (Å²) < 4.78 is 22.9. The molecule has 1 fully saturated rings. The van der Waals surface area contributed by atoms with E-state index in [0.717, 1.165) is 10.7 Å². The molecule has 0 radical (unpaired) electrons. The normalized spacial score (nSPS) is 19.9. The zero-order valence-corrected chi connectivity index (χ0v) is 13.3. The van der Waals surface area contributed by atoms with E-state index in [1.54, 1.807) is 17.8 Å². The number of carboxylic acid groups (broad SMARTS) is 1. The van der Waals surface area contributed by atoms with Gasteiger partial charge in [-0.3, -0.25) is 4.79 Å². The molecule has 2 N–H and O–H groups in total. The lowest BCUT2D eigenvalue weighted by molar-refractivity contribution is -0.138. The molecule has 0 aromatic heterocycles. The smallest absolute Gasteiger partial charge is 0.323 e. The molecule has 120 valence electrons. The van der Waals surface area contributed by atoms with Crippen molar-refractivity contribution in [2.24, 2.45) is 0 Å². The Morgan fingerprint density at radius 2 is 2.19 bits per heavy atom. The van der Waals surface area contributed by atoms with E-state index in [4.69, 9.17) is 5.11 Å². The highest BCUT2D eigenvalue weighted by Gasteiger charge is 2.35. The second-order valence-electron chi connectivity index (χ2n) is 4.67. The predicted molar refractivity (Wildman–Crippen MR) is 82.3 cm³/mol. The minimum absolute atomic E-state index is 0.00372. The summed E-state index contributed by atoms with van der Waals surface area (Å²) >= 11 is 1.59. The van der Waals surface area contributed by atoms with Crippen LogP contribution in [-0.2, 0) is 14.6 Å². The summed E-state index contributed by atoms with van der Waals surface area (Å²) in [5.74, 6) is 0.127. The van der Waals surface area contributed by atoms with E-state index in [0.29, 0.717) is 12.3 Å². The molecule has 1 heterocycles. The molecular formula is C12H20N2O5S2. The van der Waals surface area contributed by atoms with E-state index < -0.39 is 34.4 Å². The monoisotopic (exact) mass is 336 g/mol. The Morgan fingerprint density at radius 3 is 2.71 bits per heavy atom. The van der Waals surface area contributed by atoms with Crippen molar-refractivity contribution < 1.29 is 23.1 Å². The van der Waals surface area contributed by atoms with E-state index >= 15 is 0 Å². The van der Waals surface area contributed by atoms with Crippen molar-refractivity contribution in [3.63, 3.8) is 0 Å². The van der Waals surface area contributed by atoms with Gasteiger partial charge >= 0.3 is 12.0 Å². The van der Waals surface area contributed by atoms with E-state index in [-0.39, 0.29) is 17.9 Å². The maximum absolute atomic E-state index is 12.0. The van der Waals surface area contributed by atoms with Gasteiger partial charge in [-0.05, 0) is 6.42 Å². The first-order valence-corrected chi connectivity index (χ1v) is 9.48. The van der Waals surface area contributed by atoms with Crippen molar-refractivity contribution in [3.05, 3.63) is 12.7 Å². The van der Waals surface area contributed by atoms with Crippen LogP contribution in [-0.4, -0.2) is 72.6 Å². The van der Waals surface area contributed by atoms with Crippen LogP contribution in [0, 0.1) is 0 Å². The van der Waals surface area contributed by atoms with Crippen LogP contribution in [0.1, 0.15) is 6.42 Å². The number of hydrogen-bond acceptors (Lipinski definition) is 5. The Bertz CT molecular complexity index is 492. The number of nitrogens with zero attached hydrogens (tertiary/aromatic N) is 1. The number of carboxylic acids is 1. The fraction of sp³-hybridized carbons (Fsp3) is 0.667. The lowest BCUT2D eigenvalue weighted by atomic mass is 10.2. The van der Waals surface area contributed by atoms with E-state index in [1.165, 1.54) is 0 Å². The fourth-order valence-electron chi connectivity index (χ4n) is 2.03. The van der Waals surface area contributed by atoms with Gasteiger partial charge in [0.2, 0.25) is 0 Å². The minimum atomic E-state index is -3.17. The molecule has 1 unspecified atom stereocenters. The molecule has 0 aromatic rings. The van der Waals surface area contributed by atoms with Crippen LogP contribution in [0.4, 0.5) is 4.79 Å². The summed E-state index contributed by atoms with van der Waals surface area (Å²) in [4.78, 5) is 24.0. The molecule has 1 atom stereocenters. The highest BCUT2D eigenvalue weighted by atomic mass is 32.2. The number of nitrogens with one attached hydrogen (secondary N) is 1. The van der Waals surface area contributed by atoms with Crippen LogP contribution in [0.3, 0.4) is 0 Å². The molecule has 7 nitrogen and oxygen atoms in total. The number of aliphatic carboxylic acids is 1. The summed E-state index contributed by atoms with van der Waals surface area (Å²) in [6.45, 7) is 3.48. The molecule has 1 rings (SSSR count). The molecular weight excluding hydrogens is 316 g/mol. The van der Waals surface area contributed by atoms with Gasteiger partial charge in [-0.1, -0.05) is 6.08 Å². The first-order chi connectivity index (χ1) is 9.85. The second-order valence-corrected chi connectivity index (χ2v) is 8.05. The number of thioether (sulfide) groups is 1. The highest BCUT2D eigenvalue weighted by molar-refractivity contribution is 7.99. The van der Waals surface area contributed by atoms with E-state index in [2.05, 4.69) is 11.9 Å². The van der Waals surface area contributed by atoms with Crippen LogP contribution in [0.5, 0.6) is 0 Å². The van der Waals surface area contributed by atoms with Crippen LogP contribution in [0.25, 0.3) is 0 Å². The van der Waals surface area contributed by atoms with Crippen molar-refractivity contribution in [2.75, 3.05) is 36.1 Å². The third-order valence-electron chi connectivity index (χ3n) is 2.97. The zero-order valence-electron chi connectivity index (χ0n) is 11.7. The number of amides is 2. The van der Waals surface area contributed by atoms with Crippen molar-refractivity contribution in [2.45, 2.75) is 12.5 Å². The second kappa shape index (κ2) is 8.28. The largest absolute Gasteiger partial charge is 0.480 e. The van der Waals surface area contributed by atoms with Crippen LogP contribution in [0.2, 0.25) is 0 Å². The Morgan fingerprint density at radius 1 is 1.48 bits per heavy atom. The van der Waals surface area contributed by atoms with Crippen molar-refractivity contribution >= 4 is 33.6 Å². The first kappa shape index (κ1) is 17.8. The molecule has 0 saturated carbocycles. The third-order valence-corrected chi connectivity index (χ3v) is 5.69. The van der Waals surface area contributed by atoms with Gasteiger partial charge in [0.05, 0.1) is 11.5 Å². The Balaban J connectivity index is 2.54. The Kier molecular flexibility index (Phi) is 7.03. The summed E-state index contributed by atoms with van der Waals surface area (Å²) in [6.07, 6.45) is 2.04. The fourth-order valence-corrected chi connectivity index (χ4v) is 4.34. The quantitative estimate of drug-likeness (QED) is 0.484. The maximum Gasteiger partial charge on any atom is 0.323 e. The Hall–Kier alpha value is -1.22. The number of urea groups is 1. The summed E-state index contributed by atoms with van der Waals surface area (Å²) in [5.41, 5.74) is 0. The van der Waals surface area contributed by atoms with Gasteiger partial charge in [0.1, 0.15) is 6.54 Å². The summed E-state index contributed by atoms with van der Waals surface area (Å²) in [6, 6.07) is -1.09. The average molecular weight is 336 g/mol. The molecule has 0 aliphatic carbocycles. The zero-order chi connectivity index (χ0) is 15.9. The number of carbonyl (C=O) groups is 2. The van der Waals surface area contributed by atoms with Gasteiger partial charge < -0.3 is 15.3 Å². The topological polar surface area (TPSA) is 104 Å². The molecule has 2 amide bonds. The molecule has 1 aliphatic heterocycles. The SMILES string of the molecule is C=CCSCCNC(=O)N(CC(=O)O)C1CCS(=O)(=O)C1. The first-order valence-electron chi connectivity index (χ1n) is 6.51. The molecule has 1 aliphatic rings. The number of carbonyl (C=O) groups excluding carboxylic acids is 1.